The summed E-state index contributed by atoms with van der Waals surface area (Å²) in [5, 5.41) is 4.09. The van der Waals surface area contributed by atoms with Crippen LogP contribution < -0.4 is 14.8 Å². The second kappa shape index (κ2) is 11.3. The third-order valence-electron chi connectivity index (χ3n) is 6.57. The number of hydrogen-bond donors (Lipinski definition) is 1. The highest BCUT2D eigenvalue weighted by molar-refractivity contribution is 6.36. The van der Waals surface area contributed by atoms with Crippen molar-refractivity contribution in [2.24, 2.45) is 0 Å². The number of carbonyl (C=O) groups is 2. The van der Waals surface area contributed by atoms with Gasteiger partial charge in [-0.1, -0.05) is 54.6 Å². The first-order valence-corrected chi connectivity index (χ1v) is 12.6. The first-order valence-electron chi connectivity index (χ1n) is 11.8. The van der Waals surface area contributed by atoms with Crippen molar-refractivity contribution < 1.29 is 19.1 Å². The Kier molecular flexibility index (Phi) is 8.22. The van der Waals surface area contributed by atoms with E-state index in [9.17, 15) is 9.59 Å². The second-order valence-corrected chi connectivity index (χ2v) is 9.74. The lowest BCUT2D eigenvalue weighted by Gasteiger charge is -2.31. The molecule has 1 N–H and O–H groups in total. The molecule has 0 spiro atoms. The fourth-order valence-electron chi connectivity index (χ4n) is 4.50. The Morgan fingerprint density at radius 1 is 1.06 bits per heavy atom. The zero-order valence-corrected chi connectivity index (χ0v) is 20.8. The van der Waals surface area contributed by atoms with Crippen LogP contribution in [-0.4, -0.2) is 35.6 Å². The predicted octanol–water partition coefficient (Wildman–Crippen LogP) is 5.52. The number of fused-ring (bicyclic) bond motifs is 1. The highest BCUT2D eigenvalue weighted by Gasteiger charge is 2.29. The summed E-state index contributed by atoms with van der Waals surface area (Å²) in [6.45, 7) is 2.14. The van der Waals surface area contributed by atoms with E-state index in [2.05, 4.69) is 5.32 Å². The molecule has 2 aromatic rings. The maximum Gasteiger partial charge on any atom is 0.242 e. The lowest BCUT2D eigenvalue weighted by atomic mass is 9.95. The molecule has 0 radical (unpaired) electrons. The quantitative estimate of drug-likeness (QED) is 0.513. The highest BCUT2D eigenvalue weighted by Crippen LogP contribution is 2.33. The zero-order chi connectivity index (χ0) is 24.1. The summed E-state index contributed by atoms with van der Waals surface area (Å²) in [5.74, 6) is 1.11. The molecule has 2 aliphatic rings. The monoisotopic (exact) mass is 504 g/mol. The number of rotatable bonds is 8. The number of ether oxygens (including phenoxy) is 2. The van der Waals surface area contributed by atoms with Crippen molar-refractivity contribution in [2.75, 3.05) is 6.79 Å². The Bertz CT molecular complexity index is 1020. The van der Waals surface area contributed by atoms with Crippen molar-refractivity contribution in [3.8, 4) is 11.5 Å². The van der Waals surface area contributed by atoms with Crippen LogP contribution in [0, 0.1) is 0 Å². The second-order valence-electron chi connectivity index (χ2n) is 8.93. The van der Waals surface area contributed by atoms with Gasteiger partial charge in [-0.05, 0) is 56.0 Å². The molecule has 34 heavy (non-hydrogen) atoms. The molecule has 1 heterocycles. The summed E-state index contributed by atoms with van der Waals surface area (Å²) in [6.07, 6.45) is 6.15. The van der Waals surface area contributed by atoms with Crippen LogP contribution in [0.15, 0.2) is 36.4 Å². The van der Waals surface area contributed by atoms with Gasteiger partial charge >= 0.3 is 0 Å². The molecule has 6 nitrogen and oxygen atoms in total. The van der Waals surface area contributed by atoms with Gasteiger partial charge in [0.15, 0.2) is 11.5 Å². The van der Waals surface area contributed by atoms with Crippen LogP contribution in [0.4, 0.5) is 0 Å². The molecule has 1 atom stereocenters. The third kappa shape index (κ3) is 5.97. The maximum absolute atomic E-state index is 13.4. The van der Waals surface area contributed by atoms with E-state index < -0.39 is 6.04 Å². The van der Waals surface area contributed by atoms with E-state index in [1.54, 1.807) is 30.0 Å². The van der Waals surface area contributed by atoms with Crippen molar-refractivity contribution in [3.05, 3.63) is 57.6 Å². The highest BCUT2D eigenvalue weighted by atomic mass is 35.5. The summed E-state index contributed by atoms with van der Waals surface area (Å²) >= 11 is 12.8. The van der Waals surface area contributed by atoms with Gasteiger partial charge in [0.2, 0.25) is 18.6 Å². The van der Waals surface area contributed by atoms with Crippen molar-refractivity contribution >= 4 is 35.0 Å². The van der Waals surface area contributed by atoms with E-state index in [0.29, 0.717) is 33.5 Å². The van der Waals surface area contributed by atoms with E-state index in [-0.39, 0.29) is 37.6 Å². The molecule has 0 aromatic heterocycles. The summed E-state index contributed by atoms with van der Waals surface area (Å²) in [4.78, 5) is 28.1. The SMILES string of the molecule is C[C@H](C(=O)NC1CCCCC1)N(Cc1c(Cl)cccc1Cl)C(=O)CCc1ccc2c(c1)OCO2. The lowest BCUT2D eigenvalue weighted by molar-refractivity contribution is -0.141. The van der Waals surface area contributed by atoms with Crippen LogP contribution in [0.1, 0.15) is 56.6 Å². The van der Waals surface area contributed by atoms with E-state index >= 15 is 0 Å². The van der Waals surface area contributed by atoms with Gasteiger partial charge in [-0.15, -0.1) is 0 Å². The molecular formula is C26H30Cl2N2O4. The van der Waals surface area contributed by atoms with Crippen LogP contribution in [-0.2, 0) is 22.6 Å². The molecule has 1 aliphatic heterocycles. The Morgan fingerprint density at radius 2 is 1.76 bits per heavy atom. The van der Waals surface area contributed by atoms with Gasteiger partial charge in [-0.3, -0.25) is 9.59 Å². The lowest BCUT2D eigenvalue weighted by Crippen LogP contribution is -2.50. The number of nitrogens with one attached hydrogen (secondary N) is 1. The van der Waals surface area contributed by atoms with Crippen LogP contribution in [0.2, 0.25) is 10.0 Å². The first kappa shape index (κ1) is 24.7. The Hall–Kier alpha value is -2.44. The molecule has 2 aromatic carbocycles. The summed E-state index contributed by atoms with van der Waals surface area (Å²) in [6, 6.07) is 10.4. The van der Waals surface area contributed by atoms with Gasteiger partial charge in [0.05, 0.1) is 0 Å². The van der Waals surface area contributed by atoms with Gasteiger partial charge in [0, 0.05) is 34.6 Å². The topological polar surface area (TPSA) is 67.9 Å². The number of aryl methyl sites for hydroxylation is 1. The molecule has 0 unspecified atom stereocenters. The molecule has 4 rings (SSSR count). The third-order valence-corrected chi connectivity index (χ3v) is 7.28. The van der Waals surface area contributed by atoms with Crippen molar-refractivity contribution in [1.29, 1.82) is 0 Å². The fraction of sp³-hybridized carbons (Fsp3) is 0.462. The molecule has 2 amide bonds. The molecule has 1 aliphatic carbocycles. The summed E-state index contributed by atoms with van der Waals surface area (Å²) < 4.78 is 10.8. The van der Waals surface area contributed by atoms with Crippen molar-refractivity contribution in [1.82, 2.24) is 10.2 Å². The Balaban J connectivity index is 1.48. The normalized spacial score (nSPS) is 16.2. The number of hydrogen-bond acceptors (Lipinski definition) is 4. The standard InChI is InChI=1S/C26H30Cl2N2O4/c1-17(26(32)29-19-6-3-2-4-7-19)30(15-20-21(27)8-5-9-22(20)28)25(31)13-11-18-10-12-23-24(14-18)34-16-33-23/h5,8-10,12,14,17,19H,2-4,6-7,11,13,15-16H2,1H3,(H,29,32)/t17-/m1/s1. The largest absolute Gasteiger partial charge is 0.454 e. The fourth-order valence-corrected chi connectivity index (χ4v) is 5.01. The number of nitrogens with zero attached hydrogens (tertiary/aromatic N) is 1. The molecule has 1 saturated carbocycles. The van der Waals surface area contributed by atoms with Crippen LogP contribution in [0.3, 0.4) is 0 Å². The molecular weight excluding hydrogens is 475 g/mol. The van der Waals surface area contributed by atoms with Crippen LogP contribution >= 0.6 is 23.2 Å². The van der Waals surface area contributed by atoms with Gasteiger partial charge in [0.1, 0.15) is 6.04 Å². The van der Waals surface area contributed by atoms with E-state index in [0.717, 1.165) is 31.2 Å². The Morgan fingerprint density at radius 3 is 2.50 bits per heavy atom. The van der Waals surface area contributed by atoms with Gasteiger partial charge < -0.3 is 19.7 Å². The summed E-state index contributed by atoms with van der Waals surface area (Å²) in [7, 11) is 0. The predicted molar refractivity (Wildman–Crippen MR) is 132 cm³/mol. The Labute approximate surface area is 210 Å². The van der Waals surface area contributed by atoms with Crippen molar-refractivity contribution in [2.45, 2.75) is 70.5 Å². The van der Waals surface area contributed by atoms with Gasteiger partial charge in [0.25, 0.3) is 0 Å². The average molecular weight is 505 g/mol. The minimum Gasteiger partial charge on any atom is -0.454 e. The van der Waals surface area contributed by atoms with Crippen LogP contribution in [0.5, 0.6) is 11.5 Å². The first-order chi connectivity index (χ1) is 16.4. The number of amides is 2. The van der Waals surface area contributed by atoms with E-state index in [1.807, 2.05) is 18.2 Å². The molecule has 8 heteroatoms. The molecule has 182 valence electrons. The van der Waals surface area contributed by atoms with Crippen molar-refractivity contribution in [3.63, 3.8) is 0 Å². The van der Waals surface area contributed by atoms with Gasteiger partial charge in [-0.2, -0.15) is 0 Å². The average Bonchev–Trinajstić information content (AvgIpc) is 3.30. The van der Waals surface area contributed by atoms with E-state index in [1.165, 1.54) is 6.42 Å². The van der Waals surface area contributed by atoms with Gasteiger partial charge in [-0.25, -0.2) is 0 Å². The maximum atomic E-state index is 13.4. The zero-order valence-electron chi connectivity index (χ0n) is 19.3. The smallest absolute Gasteiger partial charge is 0.242 e. The number of halogens is 2. The summed E-state index contributed by atoms with van der Waals surface area (Å²) in [5.41, 5.74) is 1.60. The molecule has 1 fully saturated rings. The molecule has 0 saturated heterocycles. The minimum atomic E-state index is -0.654. The van der Waals surface area contributed by atoms with E-state index in [4.69, 9.17) is 32.7 Å². The number of benzene rings is 2. The van der Waals surface area contributed by atoms with Crippen LogP contribution in [0.25, 0.3) is 0 Å². The minimum absolute atomic E-state index is 0.139. The number of carbonyl (C=O) groups excluding carboxylic acids is 2. The molecule has 0 bridgehead atoms.